The van der Waals surface area contributed by atoms with Crippen molar-refractivity contribution in [3.8, 4) is 0 Å². The van der Waals surface area contributed by atoms with Crippen molar-refractivity contribution in [1.29, 1.82) is 0 Å². The number of amides is 1. The summed E-state index contributed by atoms with van der Waals surface area (Å²) < 4.78 is 1.92. The molecule has 7 heteroatoms. The molecule has 5 nitrogen and oxygen atoms in total. The van der Waals surface area contributed by atoms with Gasteiger partial charge in [0.25, 0.3) is 5.56 Å². The van der Waals surface area contributed by atoms with Gasteiger partial charge in [0.1, 0.15) is 4.83 Å². The minimum absolute atomic E-state index is 0.00746. The van der Waals surface area contributed by atoms with E-state index in [0.29, 0.717) is 11.3 Å². The average molecular weight is 323 g/mol. The van der Waals surface area contributed by atoms with E-state index in [1.54, 1.807) is 25.4 Å². The minimum atomic E-state index is -0.0558. The number of rotatable bonds is 3. The van der Waals surface area contributed by atoms with Gasteiger partial charge >= 0.3 is 0 Å². The summed E-state index contributed by atoms with van der Waals surface area (Å²) in [5, 5.41) is 0.776. The molecule has 0 atom stereocenters. The molecule has 0 fully saturated rings. The molecule has 2 aromatic heterocycles. The van der Waals surface area contributed by atoms with Gasteiger partial charge in [-0.05, 0) is 37.0 Å². The predicted molar refractivity (Wildman–Crippen MR) is 86.6 cm³/mol. The normalized spacial score (nSPS) is 13.6. The molecule has 0 spiro atoms. The van der Waals surface area contributed by atoms with Crippen LogP contribution in [0, 0.1) is 4.77 Å². The number of hydrogen-bond donors (Lipinski definition) is 1. The second-order valence-corrected chi connectivity index (χ2v) is 6.98. The lowest BCUT2D eigenvalue weighted by Crippen LogP contribution is -2.27. The van der Waals surface area contributed by atoms with Crippen LogP contribution in [0.2, 0.25) is 0 Å². The maximum absolute atomic E-state index is 12.7. The maximum atomic E-state index is 12.7. The van der Waals surface area contributed by atoms with E-state index in [0.717, 1.165) is 29.5 Å². The number of nitrogens with one attached hydrogen (secondary N) is 1. The lowest BCUT2D eigenvalue weighted by atomic mass is 10.2. The molecule has 1 amide bonds. The molecule has 1 aliphatic carbocycles. The third-order valence-corrected chi connectivity index (χ3v) is 5.42. The molecular formula is C14H17N3O2S2. The van der Waals surface area contributed by atoms with Crippen LogP contribution in [-0.2, 0) is 24.2 Å². The Bertz CT molecular complexity index is 829. The highest BCUT2D eigenvalue weighted by Crippen LogP contribution is 2.34. The van der Waals surface area contributed by atoms with E-state index in [2.05, 4.69) is 4.98 Å². The van der Waals surface area contributed by atoms with E-state index in [1.165, 1.54) is 19.9 Å². The summed E-state index contributed by atoms with van der Waals surface area (Å²) in [7, 11) is 3.42. The summed E-state index contributed by atoms with van der Waals surface area (Å²) in [5.74, 6) is -0.00746. The van der Waals surface area contributed by atoms with Crippen LogP contribution in [0.1, 0.15) is 23.3 Å². The van der Waals surface area contributed by atoms with Gasteiger partial charge < -0.3 is 9.88 Å². The van der Waals surface area contributed by atoms with Crippen molar-refractivity contribution in [3.05, 3.63) is 25.6 Å². The Balaban J connectivity index is 2.05. The first-order chi connectivity index (χ1) is 9.99. The standard InChI is InChI=1S/C14H17N3O2S2/c1-16(2)10(18)6-7-17-13(19)11-8-4-3-5-9(8)21-12(11)15-14(17)20/h3-7H2,1-2H3,(H,15,20). The quantitative estimate of drug-likeness (QED) is 0.880. The fourth-order valence-corrected chi connectivity index (χ4v) is 4.37. The molecule has 0 bridgehead atoms. The van der Waals surface area contributed by atoms with E-state index < -0.39 is 0 Å². The zero-order valence-corrected chi connectivity index (χ0v) is 13.7. The monoisotopic (exact) mass is 323 g/mol. The Labute approximate surface area is 131 Å². The molecule has 0 saturated carbocycles. The summed E-state index contributed by atoms with van der Waals surface area (Å²) in [6.07, 6.45) is 3.41. The smallest absolute Gasteiger partial charge is 0.263 e. The number of H-pyrrole nitrogens is 1. The molecule has 0 saturated heterocycles. The number of thiophene rings is 1. The minimum Gasteiger partial charge on any atom is -0.349 e. The fraction of sp³-hybridized carbons (Fsp3) is 0.500. The summed E-state index contributed by atoms with van der Waals surface area (Å²) in [6.45, 7) is 0.325. The third-order valence-electron chi connectivity index (χ3n) is 3.89. The van der Waals surface area contributed by atoms with E-state index in [1.807, 2.05) is 0 Å². The van der Waals surface area contributed by atoms with Crippen LogP contribution in [0.4, 0.5) is 0 Å². The van der Waals surface area contributed by atoms with Gasteiger partial charge in [0.05, 0.1) is 5.39 Å². The molecule has 1 aliphatic rings. The van der Waals surface area contributed by atoms with E-state index in [4.69, 9.17) is 12.2 Å². The third kappa shape index (κ3) is 2.44. The first kappa shape index (κ1) is 14.5. The summed E-state index contributed by atoms with van der Waals surface area (Å²) in [5.41, 5.74) is 1.12. The Kier molecular flexibility index (Phi) is 3.71. The SMILES string of the molecule is CN(C)C(=O)CCn1c(=S)[nH]c2sc3c(c2c1=O)CCC3. The number of fused-ring (bicyclic) bond motifs is 3. The molecule has 2 heterocycles. The maximum Gasteiger partial charge on any atom is 0.263 e. The summed E-state index contributed by atoms with van der Waals surface area (Å²) in [4.78, 5) is 31.3. The summed E-state index contributed by atoms with van der Waals surface area (Å²) in [6, 6.07) is 0. The molecule has 0 aliphatic heterocycles. The summed E-state index contributed by atoms with van der Waals surface area (Å²) >= 11 is 6.92. The number of aryl methyl sites for hydroxylation is 2. The first-order valence-electron chi connectivity index (χ1n) is 6.96. The lowest BCUT2D eigenvalue weighted by molar-refractivity contribution is -0.128. The van der Waals surface area contributed by atoms with Gasteiger partial charge in [0.2, 0.25) is 5.91 Å². The molecule has 1 N–H and O–H groups in total. The van der Waals surface area contributed by atoms with Gasteiger partial charge in [-0.2, -0.15) is 0 Å². The van der Waals surface area contributed by atoms with Crippen LogP contribution in [0.25, 0.3) is 10.2 Å². The topological polar surface area (TPSA) is 58.1 Å². The molecule has 2 aromatic rings. The van der Waals surface area contributed by atoms with Crippen molar-refractivity contribution in [3.63, 3.8) is 0 Å². The zero-order chi connectivity index (χ0) is 15.1. The van der Waals surface area contributed by atoms with Gasteiger partial charge in [0.15, 0.2) is 4.77 Å². The zero-order valence-electron chi connectivity index (χ0n) is 12.1. The molecular weight excluding hydrogens is 306 g/mol. The second kappa shape index (κ2) is 5.38. The second-order valence-electron chi connectivity index (χ2n) is 5.49. The van der Waals surface area contributed by atoms with Crippen LogP contribution in [0.15, 0.2) is 4.79 Å². The van der Waals surface area contributed by atoms with Crippen molar-refractivity contribution in [1.82, 2.24) is 14.5 Å². The largest absolute Gasteiger partial charge is 0.349 e. The molecule has 112 valence electrons. The number of nitrogens with zero attached hydrogens (tertiary/aromatic N) is 2. The van der Waals surface area contributed by atoms with Gasteiger partial charge in [-0.3, -0.25) is 14.2 Å². The highest BCUT2D eigenvalue weighted by Gasteiger charge is 2.21. The van der Waals surface area contributed by atoms with Crippen molar-refractivity contribution >= 4 is 39.7 Å². The molecule has 3 rings (SSSR count). The van der Waals surface area contributed by atoms with Crippen molar-refractivity contribution < 1.29 is 4.79 Å². The van der Waals surface area contributed by atoms with Crippen molar-refractivity contribution in [2.24, 2.45) is 0 Å². The Hall–Kier alpha value is -1.47. The van der Waals surface area contributed by atoms with Crippen molar-refractivity contribution in [2.45, 2.75) is 32.2 Å². The number of aromatic amines is 1. The number of aromatic nitrogens is 2. The van der Waals surface area contributed by atoms with Gasteiger partial charge in [-0.15, -0.1) is 11.3 Å². The first-order valence-corrected chi connectivity index (χ1v) is 8.19. The van der Waals surface area contributed by atoms with Gasteiger partial charge in [0, 0.05) is 31.9 Å². The fourth-order valence-electron chi connectivity index (χ4n) is 2.74. The molecule has 0 radical (unpaired) electrons. The molecule has 0 aromatic carbocycles. The van der Waals surface area contributed by atoms with Gasteiger partial charge in [-0.25, -0.2) is 0 Å². The van der Waals surface area contributed by atoms with Crippen molar-refractivity contribution in [2.75, 3.05) is 14.1 Å². The van der Waals surface area contributed by atoms with E-state index >= 15 is 0 Å². The van der Waals surface area contributed by atoms with Crippen LogP contribution < -0.4 is 5.56 Å². The number of carbonyl (C=O) groups excluding carboxylic acids is 1. The van der Waals surface area contributed by atoms with E-state index in [9.17, 15) is 9.59 Å². The van der Waals surface area contributed by atoms with Crippen LogP contribution in [-0.4, -0.2) is 34.5 Å². The van der Waals surface area contributed by atoms with Crippen LogP contribution in [0.3, 0.4) is 0 Å². The number of hydrogen-bond acceptors (Lipinski definition) is 4. The van der Waals surface area contributed by atoms with Gasteiger partial charge in [-0.1, -0.05) is 0 Å². The molecule has 21 heavy (non-hydrogen) atoms. The Morgan fingerprint density at radius 2 is 2.19 bits per heavy atom. The molecule has 0 unspecified atom stereocenters. The predicted octanol–water partition coefficient (Wildman–Crippen LogP) is 2.09. The lowest BCUT2D eigenvalue weighted by Gasteiger charge is -2.11. The highest BCUT2D eigenvalue weighted by molar-refractivity contribution is 7.71. The Morgan fingerprint density at radius 1 is 1.43 bits per heavy atom. The number of carbonyl (C=O) groups is 1. The highest BCUT2D eigenvalue weighted by atomic mass is 32.1. The Morgan fingerprint density at radius 3 is 2.90 bits per heavy atom. The van der Waals surface area contributed by atoms with Crippen LogP contribution in [0.5, 0.6) is 0 Å². The average Bonchev–Trinajstić information content (AvgIpc) is 2.97. The van der Waals surface area contributed by atoms with E-state index in [-0.39, 0.29) is 17.9 Å². The van der Waals surface area contributed by atoms with Crippen LogP contribution >= 0.6 is 23.6 Å².